The van der Waals surface area contributed by atoms with E-state index in [1.54, 1.807) is 37.6 Å². The Morgan fingerprint density at radius 3 is 2.68 bits per heavy atom. The van der Waals surface area contributed by atoms with Gasteiger partial charge in [0.15, 0.2) is 0 Å². The van der Waals surface area contributed by atoms with Crippen LogP contribution in [-0.2, 0) is 39.1 Å². The Bertz CT molecular complexity index is 1450. The van der Waals surface area contributed by atoms with Crippen LogP contribution in [0, 0.1) is 0 Å². The summed E-state index contributed by atoms with van der Waals surface area (Å²) in [7, 11) is 0.972. The van der Waals surface area contributed by atoms with E-state index in [4.69, 9.17) is 13.9 Å². The van der Waals surface area contributed by atoms with Gasteiger partial charge in [-0.2, -0.15) is 0 Å². The van der Waals surface area contributed by atoms with Crippen LogP contribution in [0.2, 0.25) is 0 Å². The Hall–Kier alpha value is -3.37. The Balaban J connectivity index is 1.54. The van der Waals surface area contributed by atoms with Crippen molar-refractivity contribution in [3.8, 4) is 5.75 Å². The summed E-state index contributed by atoms with van der Waals surface area (Å²) in [6.45, 7) is 2.68. The van der Waals surface area contributed by atoms with E-state index < -0.39 is 16.0 Å². The molecule has 0 unspecified atom stereocenters. The van der Waals surface area contributed by atoms with Gasteiger partial charge in [-0.3, -0.25) is 4.79 Å². The highest BCUT2D eigenvalue weighted by Gasteiger charge is 2.20. The summed E-state index contributed by atoms with van der Waals surface area (Å²) >= 11 is 0. The zero-order valence-corrected chi connectivity index (χ0v) is 20.4. The molecule has 34 heavy (non-hydrogen) atoms. The van der Waals surface area contributed by atoms with Crippen LogP contribution in [0.25, 0.3) is 22.0 Å². The second-order valence-electron chi connectivity index (χ2n) is 8.08. The number of carbonyl (C=O) groups excluding carboxylic acids is 1. The molecule has 0 aliphatic rings. The fourth-order valence-electron chi connectivity index (χ4n) is 3.79. The maximum absolute atomic E-state index is 12.6. The molecule has 9 nitrogen and oxygen atoms in total. The molecule has 0 radical (unpaired) electrons. The maximum Gasteiger partial charge on any atom is 0.310 e. The highest BCUT2D eigenvalue weighted by molar-refractivity contribution is 7.89. The number of ether oxygens (including phenoxy) is 2. The molecule has 2 aromatic heterocycles. The monoisotopic (exact) mass is 485 g/mol. The number of furan rings is 1. The second-order valence-corrected chi connectivity index (χ2v) is 10.2. The molecule has 0 aliphatic heterocycles. The molecule has 0 atom stereocenters. The number of benzene rings is 2. The topological polar surface area (TPSA) is 104 Å². The molecule has 0 fully saturated rings. The van der Waals surface area contributed by atoms with Gasteiger partial charge in [0.2, 0.25) is 10.0 Å². The van der Waals surface area contributed by atoms with Crippen molar-refractivity contribution in [1.82, 2.24) is 13.9 Å². The first-order valence-electron chi connectivity index (χ1n) is 10.9. The molecule has 10 heteroatoms. The number of esters is 1. The van der Waals surface area contributed by atoms with Crippen molar-refractivity contribution in [2.75, 3.05) is 21.2 Å². The first kappa shape index (κ1) is 23.8. The number of carbonyl (C=O) groups is 1. The minimum absolute atomic E-state index is 0.0209. The molecular weight excluding hydrogens is 458 g/mol. The summed E-state index contributed by atoms with van der Waals surface area (Å²) in [5.41, 5.74) is 2.69. The number of rotatable bonds is 9. The molecule has 0 saturated carbocycles. The number of hydrogen-bond donors (Lipinski definition) is 0. The molecule has 0 spiro atoms. The lowest BCUT2D eigenvalue weighted by Gasteiger charge is -2.11. The van der Waals surface area contributed by atoms with E-state index >= 15 is 0 Å². The highest BCUT2D eigenvalue weighted by Crippen LogP contribution is 2.26. The lowest BCUT2D eigenvalue weighted by Crippen LogP contribution is -2.22. The summed E-state index contributed by atoms with van der Waals surface area (Å²) in [4.78, 5) is 17.3. The van der Waals surface area contributed by atoms with E-state index in [0.717, 1.165) is 27.2 Å². The predicted molar refractivity (Wildman–Crippen MR) is 127 cm³/mol. The van der Waals surface area contributed by atoms with Gasteiger partial charge in [-0.1, -0.05) is 6.92 Å². The number of hydrogen-bond acceptors (Lipinski definition) is 7. The van der Waals surface area contributed by atoms with Crippen molar-refractivity contribution in [2.24, 2.45) is 0 Å². The van der Waals surface area contributed by atoms with Gasteiger partial charge in [0, 0.05) is 37.7 Å². The van der Waals surface area contributed by atoms with Crippen LogP contribution in [0.15, 0.2) is 52.0 Å². The first-order chi connectivity index (χ1) is 16.2. The van der Waals surface area contributed by atoms with Crippen LogP contribution in [0.4, 0.5) is 0 Å². The molecule has 4 rings (SSSR count). The van der Waals surface area contributed by atoms with E-state index in [1.165, 1.54) is 14.1 Å². The van der Waals surface area contributed by atoms with Gasteiger partial charge in [-0.05, 0) is 36.8 Å². The Kier molecular flexibility index (Phi) is 6.63. The van der Waals surface area contributed by atoms with Crippen LogP contribution in [0.1, 0.15) is 24.7 Å². The standard InChI is InChI=1S/C24H27N3O6S/c1-5-10-27-21-9-7-18(34(29,30)26(2)3)13-20(21)25-23(27)15-33-24(28)11-16-14-32-22-12-17(31-4)6-8-19(16)22/h6-9,12-14H,5,10-11,15H2,1-4H3. The lowest BCUT2D eigenvalue weighted by molar-refractivity contribution is -0.144. The molecule has 2 aromatic carbocycles. The third-order valence-corrected chi connectivity index (χ3v) is 7.40. The Labute approximate surface area is 197 Å². The number of imidazole rings is 1. The van der Waals surface area contributed by atoms with Gasteiger partial charge in [0.05, 0.1) is 35.7 Å². The molecular formula is C24H27N3O6S. The number of aromatic nitrogens is 2. The van der Waals surface area contributed by atoms with Gasteiger partial charge in [0.1, 0.15) is 23.8 Å². The molecule has 0 aliphatic carbocycles. The van der Waals surface area contributed by atoms with Crippen molar-refractivity contribution in [2.45, 2.75) is 37.8 Å². The van der Waals surface area contributed by atoms with Crippen molar-refractivity contribution in [3.05, 3.63) is 54.0 Å². The number of aryl methyl sites for hydroxylation is 1. The second kappa shape index (κ2) is 9.47. The van der Waals surface area contributed by atoms with Crippen LogP contribution < -0.4 is 4.74 Å². The minimum atomic E-state index is -3.58. The average molecular weight is 486 g/mol. The quantitative estimate of drug-likeness (QED) is 0.333. The largest absolute Gasteiger partial charge is 0.497 e. The van der Waals surface area contributed by atoms with Crippen molar-refractivity contribution < 1.29 is 27.1 Å². The fraction of sp³-hybridized carbons (Fsp3) is 0.333. The van der Waals surface area contributed by atoms with E-state index in [1.807, 2.05) is 23.6 Å². The van der Waals surface area contributed by atoms with Gasteiger partial charge in [-0.15, -0.1) is 0 Å². The molecule has 180 valence electrons. The van der Waals surface area contributed by atoms with Crippen molar-refractivity contribution in [1.29, 1.82) is 0 Å². The third kappa shape index (κ3) is 4.51. The van der Waals surface area contributed by atoms with Crippen LogP contribution in [0.5, 0.6) is 5.75 Å². The van der Waals surface area contributed by atoms with E-state index in [9.17, 15) is 13.2 Å². The van der Waals surface area contributed by atoms with Gasteiger partial charge < -0.3 is 18.5 Å². The van der Waals surface area contributed by atoms with Gasteiger partial charge >= 0.3 is 5.97 Å². The smallest absolute Gasteiger partial charge is 0.310 e. The molecule has 0 N–H and O–H groups in total. The normalized spacial score (nSPS) is 12.0. The molecule has 0 amide bonds. The van der Waals surface area contributed by atoms with Crippen molar-refractivity contribution >= 4 is 38.0 Å². The maximum atomic E-state index is 12.6. The molecule has 0 saturated heterocycles. The molecule has 2 heterocycles. The van der Waals surface area contributed by atoms with Gasteiger partial charge in [-0.25, -0.2) is 17.7 Å². The van der Waals surface area contributed by atoms with Crippen LogP contribution in [-0.4, -0.2) is 49.4 Å². The fourth-order valence-corrected chi connectivity index (χ4v) is 4.72. The highest BCUT2D eigenvalue weighted by atomic mass is 32.2. The van der Waals surface area contributed by atoms with Crippen molar-refractivity contribution in [3.63, 3.8) is 0 Å². The summed E-state index contributed by atoms with van der Waals surface area (Å²) in [6, 6.07) is 10.3. The third-order valence-electron chi connectivity index (χ3n) is 5.58. The summed E-state index contributed by atoms with van der Waals surface area (Å²) in [6.07, 6.45) is 2.44. The average Bonchev–Trinajstić information content (AvgIpc) is 3.38. The molecule has 0 bridgehead atoms. The number of fused-ring (bicyclic) bond motifs is 2. The minimum Gasteiger partial charge on any atom is -0.497 e. The summed E-state index contributed by atoms with van der Waals surface area (Å²) in [5, 5.41) is 0.825. The zero-order chi connectivity index (χ0) is 24.5. The van der Waals surface area contributed by atoms with Crippen LogP contribution in [0.3, 0.4) is 0 Å². The first-order valence-corrected chi connectivity index (χ1v) is 12.3. The lowest BCUT2D eigenvalue weighted by atomic mass is 10.1. The van der Waals surface area contributed by atoms with Crippen LogP contribution >= 0.6 is 0 Å². The number of methoxy groups -OCH3 is 1. The number of sulfonamides is 1. The Morgan fingerprint density at radius 1 is 1.18 bits per heavy atom. The van der Waals surface area contributed by atoms with E-state index in [-0.39, 0.29) is 17.9 Å². The zero-order valence-electron chi connectivity index (χ0n) is 19.6. The predicted octanol–water partition coefficient (Wildman–Crippen LogP) is 3.74. The number of nitrogens with zero attached hydrogens (tertiary/aromatic N) is 3. The molecule has 4 aromatic rings. The van der Waals surface area contributed by atoms with E-state index in [2.05, 4.69) is 4.98 Å². The van der Waals surface area contributed by atoms with Gasteiger partial charge in [0.25, 0.3) is 0 Å². The van der Waals surface area contributed by atoms with E-state index in [0.29, 0.717) is 29.2 Å². The summed E-state index contributed by atoms with van der Waals surface area (Å²) < 4.78 is 44.4. The SMILES string of the molecule is CCCn1c(COC(=O)Cc2coc3cc(OC)ccc23)nc2cc(S(=O)(=O)N(C)C)ccc21. The summed E-state index contributed by atoms with van der Waals surface area (Å²) in [5.74, 6) is 0.822. The Morgan fingerprint density at radius 2 is 1.97 bits per heavy atom.